The second-order valence-electron chi connectivity index (χ2n) is 7.33. The van der Waals surface area contributed by atoms with Crippen molar-refractivity contribution in [1.82, 2.24) is 29.2 Å². The standard InChI is InChI=1S/C18H23ClN6O3/c1-2-3-8-24-15-14(21-17(19)22-15)16(26)25(18(24)27)9-4-5-12-20-13(28-23-12)10-11-6-7-11/h11H,2-10H2,1H3,(H,21,22). The summed E-state index contributed by atoms with van der Waals surface area (Å²) in [5.41, 5.74) is -0.203. The van der Waals surface area contributed by atoms with Gasteiger partial charge in [0.1, 0.15) is 0 Å². The lowest BCUT2D eigenvalue weighted by atomic mass is 10.3. The fourth-order valence-corrected chi connectivity index (χ4v) is 3.47. The van der Waals surface area contributed by atoms with Crippen LogP contribution in [0.1, 0.15) is 50.7 Å². The molecule has 0 unspecified atom stereocenters. The summed E-state index contributed by atoms with van der Waals surface area (Å²) >= 11 is 5.94. The minimum Gasteiger partial charge on any atom is -0.339 e. The molecule has 1 aliphatic carbocycles. The van der Waals surface area contributed by atoms with Gasteiger partial charge < -0.3 is 9.51 Å². The van der Waals surface area contributed by atoms with Crippen LogP contribution in [0.25, 0.3) is 11.2 Å². The molecule has 0 bridgehead atoms. The number of H-pyrrole nitrogens is 1. The van der Waals surface area contributed by atoms with Gasteiger partial charge in [-0.3, -0.25) is 13.9 Å². The van der Waals surface area contributed by atoms with Crippen LogP contribution in [0.2, 0.25) is 5.28 Å². The Kier molecular flexibility index (Phi) is 5.34. The van der Waals surface area contributed by atoms with Gasteiger partial charge in [-0.05, 0) is 43.2 Å². The highest BCUT2D eigenvalue weighted by Gasteiger charge is 2.24. The number of nitrogens with one attached hydrogen (secondary N) is 1. The quantitative estimate of drug-likeness (QED) is 0.546. The molecule has 1 saturated carbocycles. The van der Waals surface area contributed by atoms with Crippen molar-refractivity contribution in [2.75, 3.05) is 0 Å². The predicted molar refractivity (Wildman–Crippen MR) is 104 cm³/mol. The van der Waals surface area contributed by atoms with Gasteiger partial charge in [0.25, 0.3) is 5.56 Å². The smallest absolute Gasteiger partial charge is 0.332 e. The lowest BCUT2D eigenvalue weighted by molar-refractivity contribution is 0.367. The fraction of sp³-hybridized carbons (Fsp3) is 0.611. The Bertz CT molecular complexity index is 1090. The van der Waals surface area contributed by atoms with Gasteiger partial charge >= 0.3 is 5.69 Å². The van der Waals surface area contributed by atoms with Gasteiger partial charge in [-0.25, -0.2) is 4.79 Å². The van der Waals surface area contributed by atoms with Crippen molar-refractivity contribution in [2.24, 2.45) is 5.92 Å². The topological polar surface area (TPSA) is 112 Å². The molecule has 150 valence electrons. The summed E-state index contributed by atoms with van der Waals surface area (Å²) in [7, 11) is 0. The Morgan fingerprint density at radius 1 is 1.18 bits per heavy atom. The van der Waals surface area contributed by atoms with Crippen LogP contribution in [0.15, 0.2) is 14.1 Å². The minimum atomic E-state index is -0.408. The number of unbranched alkanes of at least 4 members (excludes halogenated alkanes) is 1. The zero-order valence-corrected chi connectivity index (χ0v) is 16.5. The number of hydrogen-bond acceptors (Lipinski definition) is 6. The number of aryl methyl sites for hydroxylation is 2. The molecule has 1 aliphatic rings. The second kappa shape index (κ2) is 7.90. The number of nitrogens with zero attached hydrogens (tertiary/aromatic N) is 5. The summed E-state index contributed by atoms with van der Waals surface area (Å²) in [4.78, 5) is 36.9. The number of aromatic amines is 1. The van der Waals surface area contributed by atoms with Crippen molar-refractivity contribution in [3.8, 4) is 0 Å². The van der Waals surface area contributed by atoms with Gasteiger partial charge in [-0.2, -0.15) is 9.97 Å². The molecule has 0 spiro atoms. The highest BCUT2D eigenvalue weighted by Crippen LogP contribution is 2.32. The third kappa shape index (κ3) is 3.89. The van der Waals surface area contributed by atoms with Crippen LogP contribution in [0, 0.1) is 5.92 Å². The molecular formula is C18H23ClN6O3. The summed E-state index contributed by atoms with van der Waals surface area (Å²) in [5, 5.41) is 4.10. The van der Waals surface area contributed by atoms with E-state index in [4.69, 9.17) is 16.1 Å². The van der Waals surface area contributed by atoms with Gasteiger partial charge in [-0.15, -0.1) is 0 Å². The first kappa shape index (κ1) is 18.9. The Morgan fingerprint density at radius 3 is 2.71 bits per heavy atom. The minimum absolute atomic E-state index is 0.101. The van der Waals surface area contributed by atoms with E-state index < -0.39 is 5.56 Å². The van der Waals surface area contributed by atoms with Crippen molar-refractivity contribution in [1.29, 1.82) is 0 Å². The van der Waals surface area contributed by atoms with E-state index in [0.717, 1.165) is 19.3 Å². The highest BCUT2D eigenvalue weighted by atomic mass is 35.5. The number of hydrogen-bond donors (Lipinski definition) is 1. The zero-order chi connectivity index (χ0) is 19.7. The van der Waals surface area contributed by atoms with Crippen molar-refractivity contribution in [2.45, 2.75) is 65.0 Å². The van der Waals surface area contributed by atoms with Gasteiger partial charge in [0.15, 0.2) is 17.0 Å². The number of rotatable bonds is 9. The average Bonchev–Trinajstić information content (AvgIpc) is 3.22. The summed E-state index contributed by atoms with van der Waals surface area (Å²) in [6.45, 7) is 2.80. The van der Waals surface area contributed by atoms with Crippen molar-refractivity contribution in [3.63, 3.8) is 0 Å². The predicted octanol–water partition coefficient (Wildman–Crippen LogP) is 2.31. The van der Waals surface area contributed by atoms with Gasteiger partial charge in [0.2, 0.25) is 11.2 Å². The number of halogens is 1. The first-order valence-corrected chi connectivity index (χ1v) is 10.1. The van der Waals surface area contributed by atoms with Gasteiger partial charge in [-0.1, -0.05) is 18.5 Å². The molecule has 0 amide bonds. The second-order valence-corrected chi connectivity index (χ2v) is 7.68. The monoisotopic (exact) mass is 406 g/mol. The van der Waals surface area contributed by atoms with E-state index in [2.05, 4.69) is 20.1 Å². The first-order chi connectivity index (χ1) is 13.6. The summed E-state index contributed by atoms with van der Waals surface area (Å²) in [5.74, 6) is 1.97. The maximum atomic E-state index is 12.9. The maximum Gasteiger partial charge on any atom is 0.332 e. The Balaban J connectivity index is 1.53. The van der Waals surface area contributed by atoms with Crippen LogP contribution >= 0.6 is 11.6 Å². The molecule has 28 heavy (non-hydrogen) atoms. The van der Waals surface area contributed by atoms with Gasteiger partial charge in [0.05, 0.1) is 0 Å². The molecule has 0 aliphatic heterocycles. The lowest BCUT2D eigenvalue weighted by Gasteiger charge is -2.10. The molecule has 10 heteroatoms. The Morgan fingerprint density at radius 2 is 1.96 bits per heavy atom. The molecule has 1 N–H and O–H groups in total. The molecule has 0 aromatic carbocycles. The largest absolute Gasteiger partial charge is 0.339 e. The molecule has 3 aromatic heterocycles. The maximum absolute atomic E-state index is 12.9. The third-order valence-corrected chi connectivity index (χ3v) is 5.20. The summed E-state index contributed by atoms with van der Waals surface area (Å²) in [6.07, 6.45) is 6.12. The molecule has 0 atom stereocenters. The van der Waals surface area contributed by atoms with Crippen LogP contribution in [-0.4, -0.2) is 29.2 Å². The molecular weight excluding hydrogens is 384 g/mol. The van der Waals surface area contributed by atoms with Crippen molar-refractivity contribution >= 4 is 22.8 Å². The van der Waals surface area contributed by atoms with Crippen LogP contribution in [0.5, 0.6) is 0 Å². The molecule has 9 nitrogen and oxygen atoms in total. The van der Waals surface area contributed by atoms with E-state index in [0.29, 0.717) is 42.7 Å². The van der Waals surface area contributed by atoms with Crippen LogP contribution in [0.4, 0.5) is 0 Å². The van der Waals surface area contributed by atoms with Crippen LogP contribution < -0.4 is 11.2 Å². The van der Waals surface area contributed by atoms with E-state index in [1.165, 1.54) is 22.0 Å². The zero-order valence-electron chi connectivity index (χ0n) is 15.8. The number of fused-ring (bicyclic) bond motifs is 1. The molecule has 0 saturated heterocycles. The normalized spacial score (nSPS) is 14.2. The van der Waals surface area contributed by atoms with Crippen LogP contribution in [0.3, 0.4) is 0 Å². The Labute approximate surface area is 165 Å². The van der Waals surface area contributed by atoms with E-state index in [-0.39, 0.29) is 23.0 Å². The van der Waals surface area contributed by atoms with E-state index >= 15 is 0 Å². The van der Waals surface area contributed by atoms with Crippen molar-refractivity contribution < 1.29 is 4.52 Å². The SMILES string of the molecule is CCCCn1c(=O)n(CCCc2noc(CC3CC3)n2)c(=O)c2[nH]c(Cl)nc21. The Hall–Kier alpha value is -2.42. The van der Waals surface area contributed by atoms with E-state index in [1.807, 2.05) is 6.92 Å². The molecule has 0 radical (unpaired) electrons. The molecule has 3 aromatic rings. The fourth-order valence-electron chi connectivity index (χ4n) is 3.29. The molecule has 1 fully saturated rings. The third-order valence-electron chi connectivity index (χ3n) is 5.02. The van der Waals surface area contributed by atoms with Crippen LogP contribution in [-0.2, 0) is 25.9 Å². The lowest BCUT2D eigenvalue weighted by Crippen LogP contribution is -2.40. The summed E-state index contributed by atoms with van der Waals surface area (Å²) in [6, 6.07) is 0. The summed E-state index contributed by atoms with van der Waals surface area (Å²) < 4.78 is 8.02. The highest BCUT2D eigenvalue weighted by molar-refractivity contribution is 6.28. The first-order valence-electron chi connectivity index (χ1n) is 9.77. The number of imidazole rings is 1. The van der Waals surface area contributed by atoms with E-state index in [9.17, 15) is 9.59 Å². The van der Waals surface area contributed by atoms with E-state index in [1.54, 1.807) is 0 Å². The molecule has 4 rings (SSSR count). The number of aromatic nitrogens is 6. The van der Waals surface area contributed by atoms with Crippen molar-refractivity contribution in [3.05, 3.63) is 37.8 Å². The molecule has 3 heterocycles. The van der Waals surface area contributed by atoms with Gasteiger partial charge in [0, 0.05) is 25.9 Å². The average molecular weight is 407 g/mol.